The van der Waals surface area contributed by atoms with Crippen LogP contribution in [-0.2, 0) is 0 Å². The number of unbranched alkanes of at least 4 members (excludes halogenated alkanes) is 1. The van der Waals surface area contributed by atoms with Gasteiger partial charge in [-0.15, -0.1) is 6.58 Å². The lowest BCUT2D eigenvalue weighted by molar-refractivity contribution is 0.760. The lowest BCUT2D eigenvalue weighted by Crippen LogP contribution is -2.22. The van der Waals surface area contributed by atoms with Gasteiger partial charge >= 0.3 is 0 Å². The van der Waals surface area contributed by atoms with Crippen LogP contribution in [0.25, 0.3) is 0 Å². The molecule has 0 aliphatic heterocycles. The number of nitrogens with two attached hydrogens (primary N) is 1. The van der Waals surface area contributed by atoms with Crippen LogP contribution in [0.3, 0.4) is 0 Å². The zero-order valence-corrected chi connectivity index (χ0v) is 10.2. The molecule has 88 valence electrons. The second-order valence-corrected chi connectivity index (χ2v) is 4.06. The van der Waals surface area contributed by atoms with Gasteiger partial charge < -0.3 is 10.6 Å². The van der Waals surface area contributed by atoms with Crippen LogP contribution in [0.1, 0.15) is 31.4 Å². The Morgan fingerprint density at radius 3 is 3.00 bits per heavy atom. The van der Waals surface area contributed by atoms with E-state index >= 15 is 0 Å². The van der Waals surface area contributed by atoms with E-state index < -0.39 is 0 Å². The molecule has 0 bridgehead atoms. The van der Waals surface area contributed by atoms with Crippen LogP contribution >= 0.6 is 0 Å². The maximum atomic E-state index is 5.92. The molecule has 3 heteroatoms. The fourth-order valence-corrected chi connectivity index (χ4v) is 1.66. The van der Waals surface area contributed by atoms with Crippen molar-refractivity contribution in [2.75, 3.05) is 18.5 Å². The van der Waals surface area contributed by atoms with Gasteiger partial charge in [0.15, 0.2) is 0 Å². The van der Waals surface area contributed by atoms with Gasteiger partial charge in [-0.2, -0.15) is 0 Å². The van der Waals surface area contributed by atoms with Crippen LogP contribution in [0.5, 0.6) is 0 Å². The van der Waals surface area contributed by atoms with Crippen molar-refractivity contribution in [3.8, 4) is 0 Å². The summed E-state index contributed by atoms with van der Waals surface area (Å²) in [6.45, 7) is 6.68. The first-order valence-corrected chi connectivity index (χ1v) is 5.69. The molecular formula is C13H21N3. The molecule has 0 spiro atoms. The maximum Gasteiger partial charge on any atom is 0.133 e. The number of hydrogen-bond donors (Lipinski definition) is 1. The molecule has 0 saturated carbocycles. The Bertz CT molecular complexity index is 334. The van der Waals surface area contributed by atoms with Crippen LogP contribution < -0.4 is 10.6 Å². The molecule has 3 nitrogen and oxygen atoms in total. The topological polar surface area (TPSA) is 42.2 Å². The van der Waals surface area contributed by atoms with Gasteiger partial charge in [-0.05, 0) is 25.8 Å². The number of pyridine rings is 1. The molecule has 0 aromatic carbocycles. The predicted octanol–water partition coefficient (Wildman–Crippen LogP) is 2.50. The first kappa shape index (κ1) is 12.7. The molecule has 2 N–H and O–H groups in total. The van der Waals surface area contributed by atoms with Gasteiger partial charge in [-0.25, -0.2) is 4.98 Å². The zero-order valence-electron chi connectivity index (χ0n) is 10.2. The third-order valence-electron chi connectivity index (χ3n) is 2.57. The third kappa shape index (κ3) is 3.35. The van der Waals surface area contributed by atoms with Gasteiger partial charge in [-0.1, -0.05) is 12.1 Å². The van der Waals surface area contributed by atoms with Crippen molar-refractivity contribution in [3.63, 3.8) is 0 Å². The van der Waals surface area contributed by atoms with Crippen molar-refractivity contribution >= 4 is 5.82 Å². The van der Waals surface area contributed by atoms with E-state index in [0.29, 0.717) is 0 Å². The summed E-state index contributed by atoms with van der Waals surface area (Å²) in [6, 6.07) is 3.99. The highest BCUT2D eigenvalue weighted by molar-refractivity contribution is 5.47. The highest BCUT2D eigenvalue weighted by Crippen LogP contribution is 2.21. The lowest BCUT2D eigenvalue weighted by atomic mass is 10.1. The minimum atomic E-state index is 0.0190. The Morgan fingerprint density at radius 2 is 2.38 bits per heavy atom. The Labute approximate surface area is 98.0 Å². The highest BCUT2D eigenvalue weighted by atomic mass is 15.2. The second kappa shape index (κ2) is 6.28. The Kier molecular flexibility index (Phi) is 4.99. The van der Waals surface area contributed by atoms with Crippen LogP contribution in [0.15, 0.2) is 31.0 Å². The van der Waals surface area contributed by atoms with E-state index in [1.54, 1.807) is 0 Å². The molecule has 1 rings (SSSR count). The van der Waals surface area contributed by atoms with E-state index in [0.717, 1.165) is 30.8 Å². The van der Waals surface area contributed by atoms with Crippen molar-refractivity contribution in [2.45, 2.75) is 25.8 Å². The SMILES string of the molecule is C=CCCCN(C)c1ncccc1[C@@H](C)N. The normalized spacial score (nSPS) is 12.2. The predicted molar refractivity (Wildman–Crippen MR) is 69.5 cm³/mol. The van der Waals surface area contributed by atoms with Crippen LogP contribution in [0.2, 0.25) is 0 Å². The van der Waals surface area contributed by atoms with Crippen molar-refractivity contribution < 1.29 is 0 Å². The van der Waals surface area contributed by atoms with Crippen LogP contribution in [0, 0.1) is 0 Å². The highest BCUT2D eigenvalue weighted by Gasteiger charge is 2.10. The van der Waals surface area contributed by atoms with E-state index in [9.17, 15) is 0 Å². The number of rotatable bonds is 6. The van der Waals surface area contributed by atoms with Crippen LogP contribution in [-0.4, -0.2) is 18.6 Å². The monoisotopic (exact) mass is 219 g/mol. The molecule has 0 saturated heterocycles. The standard InChI is InChI=1S/C13H21N3/c1-4-5-6-10-16(3)13-12(11(2)14)8-7-9-15-13/h4,7-9,11H,1,5-6,10,14H2,2-3H3/t11-/m1/s1. The Morgan fingerprint density at radius 1 is 1.62 bits per heavy atom. The summed E-state index contributed by atoms with van der Waals surface area (Å²) in [7, 11) is 2.05. The molecule has 0 amide bonds. The summed E-state index contributed by atoms with van der Waals surface area (Å²) in [5.41, 5.74) is 7.02. The average Bonchev–Trinajstić information content (AvgIpc) is 2.29. The summed E-state index contributed by atoms with van der Waals surface area (Å²) >= 11 is 0. The molecule has 16 heavy (non-hydrogen) atoms. The zero-order chi connectivity index (χ0) is 12.0. The van der Waals surface area contributed by atoms with E-state index in [1.165, 1.54) is 0 Å². The maximum absolute atomic E-state index is 5.92. The van der Waals surface area contributed by atoms with Crippen molar-refractivity contribution in [1.29, 1.82) is 0 Å². The van der Waals surface area contributed by atoms with Crippen molar-refractivity contribution in [2.24, 2.45) is 5.73 Å². The molecule has 0 aliphatic rings. The van der Waals surface area contributed by atoms with E-state index in [-0.39, 0.29) is 6.04 Å². The van der Waals surface area contributed by atoms with E-state index in [2.05, 4.69) is 23.5 Å². The lowest BCUT2D eigenvalue weighted by Gasteiger charge is -2.22. The van der Waals surface area contributed by atoms with Gasteiger partial charge in [0.1, 0.15) is 5.82 Å². The first-order chi connectivity index (χ1) is 7.66. The summed E-state index contributed by atoms with van der Waals surface area (Å²) < 4.78 is 0. The quantitative estimate of drug-likeness (QED) is 0.590. The molecule has 1 aromatic rings. The molecule has 0 unspecified atom stereocenters. The second-order valence-electron chi connectivity index (χ2n) is 4.06. The van der Waals surface area contributed by atoms with Crippen molar-refractivity contribution in [1.82, 2.24) is 4.98 Å². The number of hydrogen-bond acceptors (Lipinski definition) is 3. The molecule has 0 aliphatic carbocycles. The summed E-state index contributed by atoms with van der Waals surface area (Å²) in [5, 5.41) is 0. The number of allylic oxidation sites excluding steroid dienone is 1. The molecule has 0 fully saturated rings. The third-order valence-corrected chi connectivity index (χ3v) is 2.57. The largest absolute Gasteiger partial charge is 0.359 e. The minimum absolute atomic E-state index is 0.0190. The molecule has 1 atom stereocenters. The fourth-order valence-electron chi connectivity index (χ4n) is 1.66. The Hall–Kier alpha value is -1.35. The van der Waals surface area contributed by atoms with Gasteiger partial charge in [0.2, 0.25) is 0 Å². The Balaban J connectivity index is 2.73. The molecular weight excluding hydrogens is 198 g/mol. The smallest absolute Gasteiger partial charge is 0.133 e. The van der Waals surface area contributed by atoms with E-state index in [4.69, 9.17) is 5.73 Å². The van der Waals surface area contributed by atoms with Gasteiger partial charge in [0, 0.05) is 31.4 Å². The number of anilines is 1. The van der Waals surface area contributed by atoms with Crippen molar-refractivity contribution in [3.05, 3.63) is 36.5 Å². The first-order valence-electron chi connectivity index (χ1n) is 5.69. The summed E-state index contributed by atoms with van der Waals surface area (Å²) in [6.07, 6.45) is 5.88. The average molecular weight is 219 g/mol. The van der Waals surface area contributed by atoms with E-state index in [1.807, 2.05) is 31.3 Å². The van der Waals surface area contributed by atoms with Gasteiger partial charge in [0.25, 0.3) is 0 Å². The summed E-state index contributed by atoms with van der Waals surface area (Å²) in [4.78, 5) is 6.55. The van der Waals surface area contributed by atoms with Gasteiger partial charge in [0.05, 0.1) is 0 Å². The number of nitrogens with zero attached hydrogens (tertiary/aromatic N) is 2. The number of aromatic nitrogens is 1. The molecule has 1 aromatic heterocycles. The molecule has 0 radical (unpaired) electrons. The fraction of sp³-hybridized carbons (Fsp3) is 0.462. The van der Waals surface area contributed by atoms with Crippen LogP contribution in [0.4, 0.5) is 5.82 Å². The van der Waals surface area contributed by atoms with Gasteiger partial charge in [-0.3, -0.25) is 0 Å². The minimum Gasteiger partial charge on any atom is -0.359 e. The molecule has 1 heterocycles. The summed E-state index contributed by atoms with van der Waals surface area (Å²) in [5.74, 6) is 0.988.